The second-order valence-electron chi connectivity index (χ2n) is 8.58. The fourth-order valence-corrected chi connectivity index (χ4v) is 4.69. The Morgan fingerprint density at radius 1 is 1.21 bits per heavy atom. The van der Waals surface area contributed by atoms with Gasteiger partial charge in [-0.25, -0.2) is 4.67 Å². The summed E-state index contributed by atoms with van der Waals surface area (Å²) in [6.07, 6.45) is -0.272. The molecule has 1 aromatic carbocycles. The van der Waals surface area contributed by atoms with Crippen molar-refractivity contribution in [2.75, 3.05) is 6.61 Å². The molecular formula is C21H34N3O4P. The molecule has 0 saturated heterocycles. The van der Waals surface area contributed by atoms with Crippen LogP contribution in [0.5, 0.6) is 0 Å². The summed E-state index contributed by atoms with van der Waals surface area (Å²) < 4.78 is 14.3. The van der Waals surface area contributed by atoms with Gasteiger partial charge in [-0.15, -0.1) is 0 Å². The molecule has 0 radical (unpaired) electrons. The van der Waals surface area contributed by atoms with E-state index < -0.39 is 14.6 Å². The van der Waals surface area contributed by atoms with E-state index >= 15 is 0 Å². The maximum atomic E-state index is 11.6. The normalized spacial score (nSPS) is 14.3. The highest BCUT2D eigenvalue weighted by Crippen LogP contribution is 2.50. The van der Waals surface area contributed by atoms with Crippen molar-refractivity contribution in [1.82, 2.24) is 4.67 Å². The Labute approximate surface area is 176 Å². The highest BCUT2D eigenvalue weighted by molar-refractivity contribution is 7.44. The lowest BCUT2D eigenvalue weighted by atomic mass is 9.85. The van der Waals surface area contributed by atoms with Crippen LogP contribution in [0.2, 0.25) is 0 Å². The van der Waals surface area contributed by atoms with E-state index in [0.717, 1.165) is 5.56 Å². The molecule has 0 heterocycles. The topological polar surface area (TPSA) is 88.6 Å². The Morgan fingerprint density at radius 2 is 1.79 bits per heavy atom. The van der Waals surface area contributed by atoms with Gasteiger partial charge in [0.1, 0.15) is 0 Å². The molecule has 29 heavy (non-hydrogen) atoms. The molecule has 0 aliphatic rings. The molecular weight excluding hydrogens is 389 g/mol. The van der Waals surface area contributed by atoms with Crippen molar-refractivity contribution in [1.29, 1.82) is 5.26 Å². The van der Waals surface area contributed by atoms with Crippen molar-refractivity contribution in [3.05, 3.63) is 39.4 Å². The standard InChI is InChI=1S/C21H34N3O4P/c1-15(2)23(16(3)4)29(27-13-9-12-22)28-17(5)19-14-18(21(6,7)8)10-11-20(19)24(25)26/h10-11,14-17H,9,13H2,1-8H3. The summed E-state index contributed by atoms with van der Waals surface area (Å²) in [6.45, 7) is 16.5. The third-order valence-corrected chi connectivity index (χ3v) is 6.64. The molecule has 2 unspecified atom stereocenters. The third-order valence-electron chi connectivity index (χ3n) is 4.44. The SMILES string of the molecule is CC(OP(OCCC#N)N(C(C)C)C(C)C)c1cc(C(C)(C)C)ccc1[N+](=O)[O-]. The molecule has 162 valence electrons. The lowest BCUT2D eigenvalue weighted by molar-refractivity contribution is -0.386. The molecule has 0 aromatic heterocycles. The first-order valence-corrected chi connectivity index (χ1v) is 11.1. The molecule has 0 bridgehead atoms. The Bertz CT molecular complexity index is 718. The molecule has 2 atom stereocenters. The quantitative estimate of drug-likeness (QED) is 0.191. The molecule has 0 saturated carbocycles. The lowest BCUT2D eigenvalue weighted by Gasteiger charge is -2.37. The van der Waals surface area contributed by atoms with Gasteiger partial charge in [0.15, 0.2) is 0 Å². The number of nitrogens with zero attached hydrogens (tertiary/aromatic N) is 3. The first kappa shape index (κ1) is 25.5. The van der Waals surface area contributed by atoms with E-state index in [2.05, 4.69) is 59.2 Å². The molecule has 1 rings (SSSR count). The highest BCUT2D eigenvalue weighted by Gasteiger charge is 2.31. The van der Waals surface area contributed by atoms with Crippen LogP contribution >= 0.6 is 8.53 Å². The van der Waals surface area contributed by atoms with Gasteiger partial charge in [0, 0.05) is 18.2 Å². The van der Waals surface area contributed by atoms with Crippen molar-refractivity contribution in [3.63, 3.8) is 0 Å². The Kier molecular flexibility index (Phi) is 9.64. The predicted octanol–water partition coefficient (Wildman–Crippen LogP) is 6.25. The van der Waals surface area contributed by atoms with Gasteiger partial charge in [-0.1, -0.05) is 26.8 Å². The predicted molar refractivity (Wildman–Crippen MR) is 117 cm³/mol. The molecule has 0 aliphatic heterocycles. The van der Waals surface area contributed by atoms with E-state index in [1.54, 1.807) is 12.1 Å². The first-order valence-electron chi connectivity index (χ1n) is 9.94. The molecule has 1 aromatic rings. The summed E-state index contributed by atoms with van der Waals surface area (Å²) in [5, 5.41) is 20.5. The van der Waals surface area contributed by atoms with Crippen LogP contribution in [0.4, 0.5) is 5.69 Å². The van der Waals surface area contributed by atoms with Crippen LogP contribution < -0.4 is 0 Å². The summed E-state index contributed by atoms with van der Waals surface area (Å²) >= 11 is 0. The van der Waals surface area contributed by atoms with Gasteiger partial charge in [-0.05, 0) is 51.7 Å². The maximum absolute atomic E-state index is 11.6. The number of rotatable bonds is 10. The van der Waals surface area contributed by atoms with Crippen molar-refractivity contribution < 1.29 is 14.0 Å². The minimum Gasteiger partial charge on any atom is -0.321 e. The fraction of sp³-hybridized carbons (Fsp3) is 0.667. The van der Waals surface area contributed by atoms with Gasteiger partial charge in [0.25, 0.3) is 14.2 Å². The largest absolute Gasteiger partial charge is 0.321 e. The van der Waals surface area contributed by atoms with Crippen molar-refractivity contribution in [2.24, 2.45) is 0 Å². The maximum Gasteiger partial charge on any atom is 0.275 e. The van der Waals surface area contributed by atoms with Crippen LogP contribution in [0.1, 0.15) is 79.0 Å². The molecule has 0 fully saturated rings. The molecule has 8 heteroatoms. The number of nitriles is 1. The van der Waals surface area contributed by atoms with Gasteiger partial charge < -0.3 is 9.05 Å². The average Bonchev–Trinajstić information content (AvgIpc) is 2.59. The number of nitro benzene ring substituents is 1. The van der Waals surface area contributed by atoms with Gasteiger partial charge in [0.2, 0.25) is 0 Å². The summed E-state index contributed by atoms with van der Waals surface area (Å²) in [6, 6.07) is 7.61. The molecule has 7 nitrogen and oxygen atoms in total. The van der Waals surface area contributed by atoms with Crippen LogP contribution in [-0.2, 0) is 14.5 Å². The van der Waals surface area contributed by atoms with E-state index in [1.165, 1.54) is 0 Å². The van der Waals surface area contributed by atoms with Gasteiger partial charge >= 0.3 is 0 Å². The van der Waals surface area contributed by atoms with Crippen LogP contribution in [0.25, 0.3) is 0 Å². The van der Waals surface area contributed by atoms with E-state index in [0.29, 0.717) is 5.56 Å². The summed E-state index contributed by atoms with van der Waals surface area (Å²) in [4.78, 5) is 11.2. The number of hydrogen-bond donors (Lipinski definition) is 0. The summed E-state index contributed by atoms with van der Waals surface area (Å²) in [7, 11) is -1.49. The van der Waals surface area contributed by atoms with E-state index in [9.17, 15) is 10.1 Å². The first-order chi connectivity index (χ1) is 13.4. The van der Waals surface area contributed by atoms with Crippen LogP contribution in [0.3, 0.4) is 0 Å². The van der Waals surface area contributed by atoms with Crippen LogP contribution in [-0.4, -0.2) is 28.3 Å². The van der Waals surface area contributed by atoms with Crippen LogP contribution in [0, 0.1) is 21.4 Å². The van der Waals surface area contributed by atoms with Crippen molar-refractivity contribution >= 4 is 14.2 Å². The lowest BCUT2D eigenvalue weighted by Crippen LogP contribution is -2.34. The number of benzene rings is 1. The monoisotopic (exact) mass is 423 g/mol. The summed E-state index contributed by atoms with van der Waals surface area (Å²) in [5.41, 5.74) is 1.44. The fourth-order valence-electron chi connectivity index (χ4n) is 3.00. The zero-order valence-electron chi connectivity index (χ0n) is 18.8. The van der Waals surface area contributed by atoms with Gasteiger partial charge in [0.05, 0.1) is 35.7 Å². The Hall–Kier alpha value is -1.58. The molecule has 0 aliphatic carbocycles. The van der Waals surface area contributed by atoms with Gasteiger partial charge in [-0.3, -0.25) is 10.1 Å². The zero-order valence-corrected chi connectivity index (χ0v) is 19.7. The van der Waals surface area contributed by atoms with E-state index in [1.807, 2.05) is 13.0 Å². The number of nitro groups is 1. The molecule has 0 N–H and O–H groups in total. The second kappa shape index (κ2) is 11.0. The Balaban J connectivity index is 3.28. The third kappa shape index (κ3) is 7.31. The molecule has 0 amide bonds. The zero-order chi connectivity index (χ0) is 22.4. The van der Waals surface area contributed by atoms with E-state index in [4.69, 9.17) is 14.3 Å². The average molecular weight is 423 g/mol. The van der Waals surface area contributed by atoms with Gasteiger partial charge in [-0.2, -0.15) is 5.26 Å². The highest BCUT2D eigenvalue weighted by atomic mass is 31.2. The van der Waals surface area contributed by atoms with E-state index in [-0.39, 0.29) is 41.1 Å². The minimum absolute atomic E-state index is 0.0399. The van der Waals surface area contributed by atoms with Crippen LogP contribution in [0.15, 0.2) is 18.2 Å². The van der Waals surface area contributed by atoms with Crippen molar-refractivity contribution in [3.8, 4) is 6.07 Å². The Morgan fingerprint density at radius 3 is 2.24 bits per heavy atom. The number of hydrogen-bond acceptors (Lipinski definition) is 6. The molecule has 0 spiro atoms. The smallest absolute Gasteiger partial charge is 0.275 e. The minimum atomic E-state index is -1.49. The second-order valence-corrected chi connectivity index (χ2v) is 9.98. The summed E-state index contributed by atoms with van der Waals surface area (Å²) in [5.74, 6) is 0. The van der Waals surface area contributed by atoms with Crippen molar-refractivity contribution in [2.45, 2.75) is 85.4 Å².